The number of rotatable bonds is 8. The van der Waals surface area contributed by atoms with E-state index >= 15 is 0 Å². The van der Waals surface area contributed by atoms with Gasteiger partial charge >= 0.3 is 5.97 Å². The molecule has 3 aromatic rings. The molecule has 6 rings (SSSR count). The standard InChI is InChI=1S/C33H42N4O2/c38-33(39)31(26-14-8-3-9-15-26)37-22-28(29(23-37)24-10-4-1-5-11-24)21-36-18-16-27(17-19-36)32-34-20-30(35-32)25-12-6-2-7-13-25/h1-2,4-7,10-13,20,26-29,31H,3,8-9,14-19,21-23H2,(H,34,35)(H,38,39)/t28-,29+,31+/m0/s1. The summed E-state index contributed by atoms with van der Waals surface area (Å²) in [5, 5.41) is 10.3. The fourth-order valence-corrected chi connectivity index (χ4v) is 7.53. The number of aromatic nitrogens is 2. The molecule has 0 amide bonds. The summed E-state index contributed by atoms with van der Waals surface area (Å²) in [5.74, 6) is 2.07. The number of carboxylic acids is 1. The van der Waals surface area contributed by atoms with Crippen molar-refractivity contribution in [3.05, 3.63) is 78.2 Å². The molecule has 3 heterocycles. The van der Waals surface area contributed by atoms with Gasteiger partial charge in [-0.05, 0) is 61.7 Å². The number of imidazole rings is 1. The molecule has 206 valence electrons. The van der Waals surface area contributed by atoms with Crippen molar-refractivity contribution < 1.29 is 9.90 Å². The van der Waals surface area contributed by atoms with Crippen LogP contribution in [-0.4, -0.2) is 69.6 Å². The Hall–Kier alpha value is -2.96. The van der Waals surface area contributed by atoms with Gasteiger partial charge in [0, 0.05) is 31.5 Å². The van der Waals surface area contributed by atoms with E-state index in [4.69, 9.17) is 4.98 Å². The Labute approximate surface area is 232 Å². The van der Waals surface area contributed by atoms with Crippen LogP contribution in [0.5, 0.6) is 0 Å². The van der Waals surface area contributed by atoms with E-state index in [2.05, 4.69) is 69.4 Å². The zero-order valence-corrected chi connectivity index (χ0v) is 22.9. The van der Waals surface area contributed by atoms with Gasteiger partial charge in [0.15, 0.2) is 0 Å². The van der Waals surface area contributed by atoms with Crippen LogP contribution in [0.25, 0.3) is 11.3 Å². The number of nitrogens with one attached hydrogen (secondary N) is 1. The molecule has 1 aromatic heterocycles. The first-order valence-corrected chi connectivity index (χ1v) is 15.0. The lowest BCUT2D eigenvalue weighted by molar-refractivity contribution is -0.145. The highest BCUT2D eigenvalue weighted by molar-refractivity contribution is 5.74. The third-order valence-electron chi connectivity index (χ3n) is 9.59. The van der Waals surface area contributed by atoms with E-state index in [1.54, 1.807) is 0 Å². The summed E-state index contributed by atoms with van der Waals surface area (Å²) in [6, 6.07) is 20.9. The van der Waals surface area contributed by atoms with Gasteiger partial charge < -0.3 is 15.0 Å². The first kappa shape index (κ1) is 26.3. The second kappa shape index (κ2) is 12.1. The van der Waals surface area contributed by atoms with E-state index in [0.29, 0.717) is 17.8 Å². The minimum atomic E-state index is -0.622. The number of H-pyrrole nitrogens is 1. The van der Waals surface area contributed by atoms with E-state index in [-0.39, 0.29) is 12.0 Å². The average molecular weight is 527 g/mol. The highest BCUT2D eigenvalue weighted by Crippen LogP contribution is 2.39. The summed E-state index contributed by atoms with van der Waals surface area (Å²) in [6.45, 7) is 4.90. The molecular formula is C33H42N4O2. The monoisotopic (exact) mass is 526 g/mol. The minimum Gasteiger partial charge on any atom is -0.480 e. The predicted octanol–water partition coefficient (Wildman–Crippen LogP) is 6.01. The van der Waals surface area contributed by atoms with Crippen molar-refractivity contribution in [3.8, 4) is 11.3 Å². The number of carboxylic acid groups (broad SMARTS) is 1. The largest absolute Gasteiger partial charge is 0.480 e. The smallest absolute Gasteiger partial charge is 0.321 e. The van der Waals surface area contributed by atoms with E-state index in [0.717, 1.165) is 69.9 Å². The van der Waals surface area contributed by atoms with Crippen molar-refractivity contribution in [2.75, 3.05) is 32.7 Å². The molecule has 0 bridgehead atoms. The van der Waals surface area contributed by atoms with Gasteiger partial charge in [-0.25, -0.2) is 4.98 Å². The van der Waals surface area contributed by atoms with E-state index in [1.165, 1.54) is 30.4 Å². The minimum absolute atomic E-state index is 0.288. The summed E-state index contributed by atoms with van der Waals surface area (Å²) in [5.41, 5.74) is 3.63. The van der Waals surface area contributed by atoms with Crippen LogP contribution in [0.4, 0.5) is 0 Å². The third kappa shape index (κ3) is 5.97. The first-order chi connectivity index (χ1) is 19.2. The van der Waals surface area contributed by atoms with Gasteiger partial charge in [-0.3, -0.25) is 9.69 Å². The van der Waals surface area contributed by atoms with Crippen molar-refractivity contribution in [1.82, 2.24) is 19.8 Å². The highest BCUT2D eigenvalue weighted by Gasteiger charge is 2.43. The molecule has 2 aliphatic heterocycles. The molecule has 0 unspecified atom stereocenters. The van der Waals surface area contributed by atoms with Crippen LogP contribution in [0.3, 0.4) is 0 Å². The second-order valence-corrected chi connectivity index (χ2v) is 12.0. The average Bonchev–Trinajstić information content (AvgIpc) is 3.63. The summed E-state index contributed by atoms with van der Waals surface area (Å²) < 4.78 is 0. The Kier molecular flexibility index (Phi) is 8.12. The van der Waals surface area contributed by atoms with Crippen LogP contribution in [0.15, 0.2) is 66.9 Å². The molecule has 1 aliphatic carbocycles. The molecule has 39 heavy (non-hydrogen) atoms. The lowest BCUT2D eigenvalue weighted by Crippen LogP contribution is -2.46. The second-order valence-electron chi connectivity index (χ2n) is 12.0. The zero-order chi connectivity index (χ0) is 26.6. The number of piperidine rings is 1. The molecule has 6 heteroatoms. The normalized spacial score (nSPS) is 24.6. The summed E-state index contributed by atoms with van der Waals surface area (Å²) in [6.07, 6.45) is 9.89. The Morgan fingerprint density at radius 1 is 0.923 bits per heavy atom. The van der Waals surface area contributed by atoms with Crippen LogP contribution >= 0.6 is 0 Å². The van der Waals surface area contributed by atoms with Gasteiger partial charge in [-0.1, -0.05) is 79.9 Å². The molecule has 2 saturated heterocycles. The molecule has 6 nitrogen and oxygen atoms in total. The number of hydrogen-bond donors (Lipinski definition) is 2. The van der Waals surface area contributed by atoms with E-state index in [1.807, 2.05) is 12.3 Å². The van der Waals surface area contributed by atoms with E-state index in [9.17, 15) is 9.90 Å². The Bertz CT molecular complexity index is 1200. The molecule has 1 saturated carbocycles. The predicted molar refractivity (Wildman–Crippen MR) is 155 cm³/mol. The van der Waals surface area contributed by atoms with Crippen LogP contribution in [0.2, 0.25) is 0 Å². The maximum absolute atomic E-state index is 12.5. The summed E-state index contributed by atoms with van der Waals surface area (Å²) in [7, 11) is 0. The maximum atomic E-state index is 12.5. The summed E-state index contributed by atoms with van der Waals surface area (Å²) in [4.78, 5) is 25.8. The van der Waals surface area contributed by atoms with Crippen LogP contribution in [0, 0.1) is 11.8 Å². The van der Waals surface area contributed by atoms with Crippen molar-refractivity contribution in [3.63, 3.8) is 0 Å². The maximum Gasteiger partial charge on any atom is 0.321 e. The fourth-order valence-electron chi connectivity index (χ4n) is 7.53. The van der Waals surface area contributed by atoms with Gasteiger partial charge in [0.05, 0.1) is 11.9 Å². The number of aliphatic carboxylic acids is 1. The van der Waals surface area contributed by atoms with Crippen molar-refractivity contribution in [2.45, 2.75) is 62.8 Å². The zero-order valence-electron chi connectivity index (χ0n) is 22.9. The quantitative estimate of drug-likeness (QED) is 0.376. The Morgan fingerprint density at radius 2 is 1.62 bits per heavy atom. The number of hydrogen-bond acceptors (Lipinski definition) is 4. The van der Waals surface area contributed by atoms with Crippen LogP contribution < -0.4 is 0 Å². The van der Waals surface area contributed by atoms with Crippen LogP contribution in [-0.2, 0) is 4.79 Å². The first-order valence-electron chi connectivity index (χ1n) is 15.0. The van der Waals surface area contributed by atoms with Crippen LogP contribution in [0.1, 0.15) is 68.2 Å². The van der Waals surface area contributed by atoms with Gasteiger partial charge in [-0.15, -0.1) is 0 Å². The molecule has 3 atom stereocenters. The third-order valence-corrected chi connectivity index (χ3v) is 9.59. The Balaban J connectivity index is 1.12. The topological polar surface area (TPSA) is 72.5 Å². The molecular weight excluding hydrogens is 484 g/mol. The van der Waals surface area contributed by atoms with Crippen molar-refractivity contribution in [2.24, 2.45) is 11.8 Å². The molecule has 0 spiro atoms. The van der Waals surface area contributed by atoms with E-state index < -0.39 is 5.97 Å². The molecule has 2 N–H and O–H groups in total. The van der Waals surface area contributed by atoms with Crippen molar-refractivity contribution >= 4 is 5.97 Å². The van der Waals surface area contributed by atoms with Gasteiger partial charge in [0.2, 0.25) is 0 Å². The lowest BCUT2D eigenvalue weighted by Gasteiger charge is -2.35. The molecule has 0 radical (unpaired) electrons. The fraction of sp³-hybridized carbons (Fsp3) is 0.515. The van der Waals surface area contributed by atoms with Gasteiger partial charge in [0.1, 0.15) is 11.9 Å². The molecule has 2 aromatic carbocycles. The van der Waals surface area contributed by atoms with Gasteiger partial charge in [-0.2, -0.15) is 0 Å². The number of nitrogens with zero attached hydrogens (tertiary/aromatic N) is 3. The number of carbonyl (C=O) groups is 1. The SMILES string of the molecule is O=C(O)[C@@H](C1CCCCC1)N1C[C@H](CN2CCC(c3ncc(-c4ccccc4)[nH]3)CC2)[C@@H](c2ccccc2)C1. The summed E-state index contributed by atoms with van der Waals surface area (Å²) >= 11 is 0. The number of likely N-dealkylation sites (tertiary alicyclic amines) is 2. The van der Waals surface area contributed by atoms with Crippen molar-refractivity contribution in [1.29, 1.82) is 0 Å². The van der Waals surface area contributed by atoms with Gasteiger partial charge in [0.25, 0.3) is 0 Å². The Morgan fingerprint density at radius 3 is 2.31 bits per heavy atom. The molecule has 3 aliphatic rings. The number of aromatic amines is 1. The highest BCUT2D eigenvalue weighted by atomic mass is 16.4. The lowest BCUT2D eigenvalue weighted by atomic mass is 9.83. The number of benzene rings is 2. The molecule has 3 fully saturated rings.